The second-order valence-corrected chi connectivity index (χ2v) is 7.25. The molecular formula is C16H15N3O3S. The third-order valence-corrected chi connectivity index (χ3v) is 5.41. The zero-order valence-electron chi connectivity index (χ0n) is 12.2. The van der Waals surface area contributed by atoms with E-state index in [1.807, 2.05) is 30.3 Å². The van der Waals surface area contributed by atoms with E-state index >= 15 is 0 Å². The molecule has 0 radical (unpaired) electrons. The number of benzene rings is 2. The van der Waals surface area contributed by atoms with Crippen LogP contribution >= 0.6 is 10.8 Å². The van der Waals surface area contributed by atoms with Crippen molar-refractivity contribution in [2.24, 2.45) is 0 Å². The van der Waals surface area contributed by atoms with Crippen molar-refractivity contribution in [1.82, 2.24) is 0 Å². The van der Waals surface area contributed by atoms with Gasteiger partial charge >= 0.3 is 6.21 Å². The summed E-state index contributed by atoms with van der Waals surface area (Å²) in [5, 5.41) is 0. The van der Waals surface area contributed by atoms with Gasteiger partial charge in [-0.2, -0.15) is 4.79 Å². The van der Waals surface area contributed by atoms with Gasteiger partial charge < -0.3 is 5.53 Å². The summed E-state index contributed by atoms with van der Waals surface area (Å²) in [5.41, 5.74) is 11.1. The average Bonchev–Trinajstić information content (AvgIpc) is 2.78. The fourth-order valence-electron chi connectivity index (χ4n) is 2.58. The lowest BCUT2D eigenvalue weighted by molar-refractivity contribution is 0.00235. The summed E-state index contributed by atoms with van der Waals surface area (Å²) in [5.74, 6) is -0.309. The normalized spacial score (nSPS) is 16.3. The van der Waals surface area contributed by atoms with E-state index < -0.39 is 16.6 Å². The number of rotatable bonds is 4. The Balaban J connectivity index is 1.99. The number of carbonyl (C=O) groups is 1. The summed E-state index contributed by atoms with van der Waals surface area (Å²) >= 11 is 0. The van der Waals surface area contributed by atoms with Crippen molar-refractivity contribution in [2.45, 2.75) is 12.3 Å². The molecule has 118 valence electrons. The molecular weight excluding hydrogens is 314 g/mol. The maximum atomic E-state index is 11.8. The zero-order chi connectivity index (χ0) is 16.4. The van der Waals surface area contributed by atoms with E-state index in [2.05, 4.69) is 4.79 Å². The summed E-state index contributed by atoms with van der Waals surface area (Å²) in [6, 6.07) is 14.4. The van der Waals surface area contributed by atoms with Crippen LogP contribution < -0.4 is 4.31 Å². The van der Waals surface area contributed by atoms with Gasteiger partial charge in [0, 0.05) is 5.56 Å². The molecule has 2 aromatic carbocycles. The van der Waals surface area contributed by atoms with Crippen molar-refractivity contribution in [2.75, 3.05) is 4.31 Å². The number of anilines is 1. The topological polar surface area (TPSA) is 97.2 Å². The summed E-state index contributed by atoms with van der Waals surface area (Å²) in [7, 11) is -2.96. The molecule has 0 amide bonds. The summed E-state index contributed by atoms with van der Waals surface area (Å²) in [6.07, 6.45) is 0.816. The number of fused-ring (bicyclic) bond motifs is 1. The molecule has 0 bridgehead atoms. The average molecular weight is 329 g/mol. The predicted molar refractivity (Wildman–Crippen MR) is 89.6 cm³/mol. The minimum Gasteiger partial charge on any atom is -0.361 e. The maximum Gasteiger partial charge on any atom is 0.328 e. The molecule has 2 aromatic rings. The van der Waals surface area contributed by atoms with Crippen molar-refractivity contribution >= 4 is 28.5 Å². The Morgan fingerprint density at radius 1 is 1.26 bits per heavy atom. The van der Waals surface area contributed by atoms with Crippen LogP contribution in [0.25, 0.3) is 5.53 Å². The fourth-order valence-corrected chi connectivity index (χ4v) is 4.24. The second-order valence-electron chi connectivity index (χ2n) is 5.25. The zero-order valence-corrected chi connectivity index (χ0v) is 13.0. The first-order valence-electron chi connectivity index (χ1n) is 6.93. The molecule has 2 N–H and O–H groups in total. The molecule has 0 saturated carbocycles. The summed E-state index contributed by atoms with van der Waals surface area (Å²) in [4.78, 5) is 14.6. The molecule has 23 heavy (non-hydrogen) atoms. The van der Waals surface area contributed by atoms with Gasteiger partial charge in [0.05, 0.1) is 18.0 Å². The molecule has 0 atom stereocenters. The minimum atomic E-state index is -2.96. The fraction of sp³-hybridized carbons (Fsp3) is 0.125. The van der Waals surface area contributed by atoms with Gasteiger partial charge in [-0.1, -0.05) is 42.5 Å². The molecule has 0 spiro atoms. The highest BCUT2D eigenvalue weighted by molar-refractivity contribution is 8.25. The van der Waals surface area contributed by atoms with Gasteiger partial charge in [-0.15, -0.1) is 10.8 Å². The van der Waals surface area contributed by atoms with Crippen molar-refractivity contribution in [3.63, 3.8) is 0 Å². The van der Waals surface area contributed by atoms with E-state index in [9.17, 15) is 13.9 Å². The Hall–Kier alpha value is -2.44. The number of hydrogen-bond donors (Lipinski definition) is 2. The van der Waals surface area contributed by atoms with Crippen LogP contribution in [-0.2, 0) is 12.3 Å². The van der Waals surface area contributed by atoms with Crippen LogP contribution in [0.3, 0.4) is 0 Å². The standard InChI is InChI=1S/C16H15N3O3S/c17-18-9-16(20)13-6-7-14-11-23(21,22)19(15(14)8-13)10-12-4-2-1-3-5-12/h1-9,21-22H,10-11H2. The lowest BCUT2D eigenvalue weighted by atomic mass is 10.1. The number of carbonyl (C=O) groups excluding carboxylic acids is 1. The number of Topliss-reactive ketones (excluding diaryl/α,β-unsaturated/α-hetero) is 1. The largest absolute Gasteiger partial charge is 0.361 e. The van der Waals surface area contributed by atoms with Crippen molar-refractivity contribution in [3.8, 4) is 0 Å². The lowest BCUT2D eigenvalue weighted by Gasteiger charge is -2.38. The van der Waals surface area contributed by atoms with Gasteiger partial charge in [0.1, 0.15) is 0 Å². The molecule has 0 aromatic heterocycles. The third-order valence-electron chi connectivity index (χ3n) is 3.68. The van der Waals surface area contributed by atoms with Gasteiger partial charge in [-0.3, -0.25) is 18.2 Å². The Kier molecular flexibility index (Phi) is 4.02. The van der Waals surface area contributed by atoms with E-state index in [0.717, 1.165) is 17.3 Å². The minimum absolute atomic E-state index is 0.137. The SMILES string of the molecule is [N-]=[N+]=CC(=O)c1ccc2c(c1)N(Cc1ccccc1)S(O)(O)C2. The van der Waals surface area contributed by atoms with Crippen LogP contribution in [-0.4, -0.2) is 25.9 Å². The predicted octanol–water partition coefficient (Wildman–Crippen LogP) is 3.36. The molecule has 1 aliphatic rings. The Morgan fingerprint density at radius 3 is 2.70 bits per heavy atom. The van der Waals surface area contributed by atoms with E-state index in [1.54, 1.807) is 18.2 Å². The monoisotopic (exact) mass is 329 g/mol. The molecule has 0 unspecified atom stereocenters. The molecule has 0 fully saturated rings. The van der Waals surface area contributed by atoms with E-state index in [-0.39, 0.29) is 5.75 Å². The van der Waals surface area contributed by atoms with Gasteiger partial charge in [-0.05, 0) is 17.2 Å². The van der Waals surface area contributed by atoms with E-state index in [1.165, 1.54) is 4.31 Å². The first-order valence-corrected chi connectivity index (χ1v) is 8.61. The number of nitrogens with zero attached hydrogens (tertiary/aromatic N) is 3. The van der Waals surface area contributed by atoms with Crippen LogP contribution in [0, 0.1) is 0 Å². The summed E-state index contributed by atoms with van der Waals surface area (Å²) in [6.45, 7) is 0.335. The molecule has 0 saturated heterocycles. The van der Waals surface area contributed by atoms with E-state index in [4.69, 9.17) is 5.53 Å². The van der Waals surface area contributed by atoms with Crippen LogP contribution in [0.1, 0.15) is 21.5 Å². The Labute approximate surface area is 135 Å². The first-order chi connectivity index (χ1) is 11.0. The highest BCUT2D eigenvalue weighted by atomic mass is 32.3. The van der Waals surface area contributed by atoms with Crippen LogP contribution in [0.2, 0.25) is 0 Å². The Morgan fingerprint density at radius 2 is 2.00 bits per heavy atom. The highest BCUT2D eigenvalue weighted by Crippen LogP contribution is 2.57. The van der Waals surface area contributed by atoms with Crippen LogP contribution in [0.4, 0.5) is 5.69 Å². The van der Waals surface area contributed by atoms with Crippen molar-refractivity contribution < 1.29 is 18.7 Å². The smallest absolute Gasteiger partial charge is 0.328 e. The van der Waals surface area contributed by atoms with Gasteiger partial charge in [0.15, 0.2) is 0 Å². The highest BCUT2D eigenvalue weighted by Gasteiger charge is 2.34. The van der Waals surface area contributed by atoms with Crippen molar-refractivity contribution in [1.29, 1.82) is 0 Å². The van der Waals surface area contributed by atoms with Crippen LogP contribution in [0.5, 0.6) is 0 Å². The summed E-state index contributed by atoms with van der Waals surface area (Å²) < 4.78 is 22.3. The molecule has 1 aliphatic heterocycles. The number of hydrogen-bond acceptors (Lipinski definition) is 4. The van der Waals surface area contributed by atoms with Gasteiger partial charge in [0.2, 0.25) is 0 Å². The van der Waals surface area contributed by atoms with Gasteiger partial charge in [-0.25, -0.2) is 0 Å². The van der Waals surface area contributed by atoms with E-state index in [0.29, 0.717) is 17.8 Å². The molecule has 0 aliphatic carbocycles. The quantitative estimate of drug-likeness (QED) is 0.389. The lowest BCUT2D eigenvalue weighted by Crippen LogP contribution is -2.23. The second kappa shape index (κ2) is 5.98. The van der Waals surface area contributed by atoms with Crippen molar-refractivity contribution in [3.05, 3.63) is 70.8 Å². The molecule has 3 rings (SSSR count). The molecule has 7 heteroatoms. The first kappa shape index (κ1) is 15.5. The Bertz CT molecular complexity index is 801. The number of ketones is 1. The van der Waals surface area contributed by atoms with Crippen LogP contribution in [0.15, 0.2) is 48.5 Å². The molecule has 1 heterocycles. The van der Waals surface area contributed by atoms with Gasteiger partial charge in [0.25, 0.3) is 5.78 Å². The maximum absolute atomic E-state index is 11.8. The third kappa shape index (κ3) is 3.04. The molecule has 6 nitrogen and oxygen atoms in total.